The zero-order valence-corrected chi connectivity index (χ0v) is 13.8. The summed E-state index contributed by atoms with van der Waals surface area (Å²) in [5, 5.41) is 0. The summed E-state index contributed by atoms with van der Waals surface area (Å²) >= 11 is 0. The molecule has 1 aliphatic rings. The molecule has 118 valence electrons. The Kier molecular flexibility index (Phi) is 3.95. The van der Waals surface area contributed by atoms with E-state index in [1.165, 1.54) is 18.1 Å². The molecule has 1 aliphatic heterocycles. The Morgan fingerprint density at radius 1 is 1.13 bits per heavy atom. The lowest BCUT2D eigenvalue weighted by Crippen LogP contribution is -2.18. The van der Waals surface area contributed by atoms with E-state index in [0.29, 0.717) is 5.75 Å². The van der Waals surface area contributed by atoms with Gasteiger partial charge in [-0.3, -0.25) is 4.79 Å². The number of esters is 1. The van der Waals surface area contributed by atoms with Gasteiger partial charge in [-0.05, 0) is 61.7 Å². The first kappa shape index (κ1) is 15.3. The van der Waals surface area contributed by atoms with E-state index in [1.54, 1.807) is 0 Å². The minimum Gasteiger partial charge on any atom is -0.485 e. The highest BCUT2D eigenvalue weighted by Crippen LogP contribution is 2.37. The third-order valence-electron chi connectivity index (χ3n) is 3.98. The van der Waals surface area contributed by atoms with Gasteiger partial charge in [0.25, 0.3) is 0 Å². The highest BCUT2D eigenvalue weighted by molar-refractivity contribution is 5.88. The van der Waals surface area contributed by atoms with Crippen LogP contribution < -0.4 is 9.47 Å². The second kappa shape index (κ2) is 5.92. The Hall–Kier alpha value is -2.55. The topological polar surface area (TPSA) is 35.5 Å². The van der Waals surface area contributed by atoms with Gasteiger partial charge in [0.2, 0.25) is 0 Å². The molecule has 1 atom stereocenters. The largest absolute Gasteiger partial charge is 0.485 e. The number of benzene rings is 2. The van der Waals surface area contributed by atoms with Crippen LogP contribution in [0.3, 0.4) is 0 Å². The summed E-state index contributed by atoms with van der Waals surface area (Å²) in [5.41, 5.74) is 5.74. The molecule has 0 fully saturated rings. The number of aryl methyl sites for hydroxylation is 2. The van der Waals surface area contributed by atoms with Crippen LogP contribution in [0.1, 0.15) is 36.1 Å². The first-order chi connectivity index (χ1) is 10.9. The number of hydrogen-bond donors (Lipinski definition) is 0. The highest BCUT2D eigenvalue weighted by atomic mass is 16.5. The molecular formula is C20H20O3. The first-order valence-corrected chi connectivity index (χ1v) is 7.72. The van der Waals surface area contributed by atoms with Gasteiger partial charge in [-0.1, -0.05) is 18.2 Å². The molecule has 0 saturated heterocycles. The summed E-state index contributed by atoms with van der Waals surface area (Å²) in [6.45, 7) is 7.62. The Bertz CT molecular complexity index is 785. The van der Waals surface area contributed by atoms with Crippen LogP contribution >= 0.6 is 0 Å². The van der Waals surface area contributed by atoms with Crippen LogP contribution in [-0.4, -0.2) is 12.1 Å². The van der Waals surface area contributed by atoms with E-state index in [0.717, 1.165) is 22.4 Å². The van der Waals surface area contributed by atoms with Crippen molar-refractivity contribution in [1.29, 1.82) is 0 Å². The van der Waals surface area contributed by atoms with Crippen molar-refractivity contribution in [3.63, 3.8) is 0 Å². The molecule has 3 heteroatoms. The normalized spacial score (nSPS) is 16.2. The molecule has 1 unspecified atom stereocenters. The minimum atomic E-state index is -0.314. The van der Waals surface area contributed by atoms with E-state index in [2.05, 4.69) is 32.1 Å². The SMILES string of the molecule is CC(=O)Oc1ccc(C2=Cc3c(C)cc(C)cc3OC2C)cc1. The molecule has 3 rings (SSSR count). The van der Waals surface area contributed by atoms with Gasteiger partial charge in [0.05, 0.1) is 0 Å². The average Bonchev–Trinajstić information content (AvgIpc) is 2.47. The van der Waals surface area contributed by atoms with E-state index in [4.69, 9.17) is 9.47 Å². The van der Waals surface area contributed by atoms with Crippen LogP contribution in [0, 0.1) is 13.8 Å². The van der Waals surface area contributed by atoms with Crippen LogP contribution in [0.2, 0.25) is 0 Å². The van der Waals surface area contributed by atoms with Crippen molar-refractivity contribution < 1.29 is 14.3 Å². The fourth-order valence-corrected chi connectivity index (χ4v) is 2.95. The molecule has 0 saturated carbocycles. The first-order valence-electron chi connectivity index (χ1n) is 7.72. The molecule has 0 radical (unpaired) electrons. The molecule has 23 heavy (non-hydrogen) atoms. The van der Waals surface area contributed by atoms with Crippen LogP contribution in [0.4, 0.5) is 0 Å². The van der Waals surface area contributed by atoms with Crippen molar-refractivity contribution in [2.75, 3.05) is 0 Å². The van der Waals surface area contributed by atoms with Gasteiger partial charge in [-0.15, -0.1) is 0 Å². The molecule has 0 spiro atoms. The number of rotatable bonds is 2. The third kappa shape index (κ3) is 3.14. The van der Waals surface area contributed by atoms with E-state index >= 15 is 0 Å². The number of fused-ring (bicyclic) bond motifs is 1. The van der Waals surface area contributed by atoms with Crippen LogP contribution in [0.15, 0.2) is 36.4 Å². The summed E-state index contributed by atoms with van der Waals surface area (Å²) in [7, 11) is 0. The zero-order chi connectivity index (χ0) is 16.6. The molecule has 1 heterocycles. The maximum atomic E-state index is 11.0. The number of carbonyl (C=O) groups is 1. The summed E-state index contributed by atoms with van der Waals surface area (Å²) in [5.74, 6) is 1.18. The molecule has 0 bridgehead atoms. The maximum Gasteiger partial charge on any atom is 0.308 e. The summed E-state index contributed by atoms with van der Waals surface area (Å²) in [4.78, 5) is 11.0. The van der Waals surface area contributed by atoms with Gasteiger partial charge in [0.15, 0.2) is 0 Å². The third-order valence-corrected chi connectivity index (χ3v) is 3.98. The van der Waals surface area contributed by atoms with Gasteiger partial charge in [0, 0.05) is 18.1 Å². The van der Waals surface area contributed by atoms with Crippen molar-refractivity contribution in [3.8, 4) is 11.5 Å². The van der Waals surface area contributed by atoms with Crippen LogP contribution in [0.25, 0.3) is 11.6 Å². The predicted molar refractivity (Wildman–Crippen MR) is 91.6 cm³/mol. The van der Waals surface area contributed by atoms with Gasteiger partial charge in [-0.2, -0.15) is 0 Å². The predicted octanol–water partition coefficient (Wildman–Crippen LogP) is 4.55. The lowest BCUT2D eigenvalue weighted by Gasteiger charge is -2.26. The second-order valence-electron chi connectivity index (χ2n) is 5.97. The highest BCUT2D eigenvalue weighted by Gasteiger charge is 2.21. The van der Waals surface area contributed by atoms with Gasteiger partial charge >= 0.3 is 5.97 Å². The fourth-order valence-electron chi connectivity index (χ4n) is 2.95. The lowest BCUT2D eigenvalue weighted by molar-refractivity contribution is -0.131. The Morgan fingerprint density at radius 3 is 2.48 bits per heavy atom. The fraction of sp³-hybridized carbons (Fsp3) is 0.250. The quantitative estimate of drug-likeness (QED) is 0.603. The lowest BCUT2D eigenvalue weighted by atomic mass is 9.93. The van der Waals surface area contributed by atoms with Crippen molar-refractivity contribution in [1.82, 2.24) is 0 Å². The Balaban J connectivity index is 1.98. The van der Waals surface area contributed by atoms with Crippen molar-refractivity contribution >= 4 is 17.6 Å². The van der Waals surface area contributed by atoms with E-state index in [9.17, 15) is 4.79 Å². The molecule has 0 aliphatic carbocycles. The monoisotopic (exact) mass is 308 g/mol. The smallest absolute Gasteiger partial charge is 0.308 e. The molecule has 2 aromatic rings. The number of ether oxygens (including phenoxy) is 2. The summed E-state index contributed by atoms with van der Waals surface area (Å²) in [6, 6.07) is 11.8. The van der Waals surface area contributed by atoms with Gasteiger partial charge in [-0.25, -0.2) is 0 Å². The molecule has 0 N–H and O–H groups in total. The van der Waals surface area contributed by atoms with Gasteiger partial charge < -0.3 is 9.47 Å². The summed E-state index contributed by atoms with van der Waals surface area (Å²) in [6.07, 6.45) is 2.17. The molecule has 2 aromatic carbocycles. The van der Waals surface area contributed by atoms with Crippen molar-refractivity contribution in [2.45, 2.75) is 33.8 Å². The molecule has 3 nitrogen and oxygen atoms in total. The van der Waals surface area contributed by atoms with E-state index in [-0.39, 0.29) is 12.1 Å². The summed E-state index contributed by atoms with van der Waals surface area (Å²) < 4.78 is 11.2. The zero-order valence-electron chi connectivity index (χ0n) is 13.8. The van der Waals surface area contributed by atoms with Crippen LogP contribution in [-0.2, 0) is 4.79 Å². The van der Waals surface area contributed by atoms with E-state index < -0.39 is 0 Å². The maximum absolute atomic E-state index is 11.0. The van der Waals surface area contributed by atoms with Crippen molar-refractivity contribution in [3.05, 3.63) is 58.7 Å². The molecule has 0 aromatic heterocycles. The van der Waals surface area contributed by atoms with Crippen molar-refractivity contribution in [2.24, 2.45) is 0 Å². The van der Waals surface area contributed by atoms with E-state index in [1.807, 2.05) is 31.2 Å². The van der Waals surface area contributed by atoms with Crippen LogP contribution in [0.5, 0.6) is 11.5 Å². The standard InChI is InChI=1S/C20H20O3/c1-12-9-13(2)18-11-19(14(3)22-20(18)10-12)16-5-7-17(8-6-16)23-15(4)21/h5-11,14H,1-4H3. The number of carbonyl (C=O) groups excluding carboxylic acids is 1. The Morgan fingerprint density at radius 2 is 1.83 bits per heavy atom. The average molecular weight is 308 g/mol. The Labute approximate surface area is 136 Å². The molecule has 0 amide bonds. The molecular weight excluding hydrogens is 288 g/mol. The number of hydrogen-bond acceptors (Lipinski definition) is 3. The van der Waals surface area contributed by atoms with Gasteiger partial charge in [0.1, 0.15) is 17.6 Å². The minimum absolute atomic E-state index is 0.0247. The second-order valence-corrected chi connectivity index (χ2v) is 5.97.